The molecule has 2 aliphatic carbocycles. The molecular formula is C27H38FN5O2. The van der Waals surface area contributed by atoms with Gasteiger partial charge in [-0.25, -0.2) is 4.39 Å². The van der Waals surface area contributed by atoms with Crippen molar-refractivity contribution < 1.29 is 13.9 Å². The zero-order valence-corrected chi connectivity index (χ0v) is 20.7. The third kappa shape index (κ3) is 4.30. The fourth-order valence-corrected chi connectivity index (χ4v) is 7.56. The number of piperazine rings is 1. The Kier molecular flexibility index (Phi) is 6.14. The molecule has 0 spiro atoms. The van der Waals surface area contributed by atoms with Gasteiger partial charge < -0.3 is 20.3 Å². The summed E-state index contributed by atoms with van der Waals surface area (Å²) < 4.78 is 21.3. The van der Waals surface area contributed by atoms with E-state index in [0.717, 1.165) is 70.5 Å². The van der Waals surface area contributed by atoms with Gasteiger partial charge in [-0.2, -0.15) is 5.26 Å². The lowest BCUT2D eigenvalue weighted by Gasteiger charge is -2.46. The first-order valence-electron chi connectivity index (χ1n) is 13.5. The van der Waals surface area contributed by atoms with E-state index in [1.807, 2.05) is 13.0 Å². The van der Waals surface area contributed by atoms with Gasteiger partial charge in [0.05, 0.1) is 18.7 Å². The van der Waals surface area contributed by atoms with Gasteiger partial charge in [-0.15, -0.1) is 0 Å². The summed E-state index contributed by atoms with van der Waals surface area (Å²) in [5.74, 6) is 0.252. The van der Waals surface area contributed by atoms with E-state index in [9.17, 15) is 10.1 Å². The highest BCUT2D eigenvalue weighted by Crippen LogP contribution is 2.42. The molecule has 1 amide bonds. The molecular weight excluding hydrogens is 445 g/mol. The zero-order chi connectivity index (χ0) is 24.2. The normalized spacial score (nSPS) is 43.3. The summed E-state index contributed by atoms with van der Waals surface area (Å²) >= 11 is 0. The average molecular weight is 484 g/mol. The molecule has 0 aromatic carbocycles. The maximum absolute atomic E-state index is 15.7. The summed E-state index contributed by atoms with van der Waals surface area (Å²) in [7, 11) is 0. The minimum absolute atomic E-state index is 0.110. The molecule has 0 aromatic rings. The van der Waals surface area contributed by atoms with Crippen LogP contribution in [0.1, 0.15) is 51.9 Å². The first-order chi connectivity index (χ1) is 16.9. The number of nitrogens with zero attached hydrogens (tertiary/aromatic N) is 3. The Morgan fingerprint density at radius 3 is 2.69 bits per heavy atom. The van der Waals surface area contributed by atoms with E-state index < -0.39 is 17.6 Å². The molecule has 6 unspecified atom stereocenters. The van der Waals surface area contributed by atoms with E-state index >= 15 is 4.39 Å². The van der Waals surface area contributed by atoms with Crippen LogP contribution in [0.25, 0.3) is 0 Å². The second kappa shape index (κ2) is 9.17. The van der Waals surface area contributed by atoms with Crippen molar-refractivity contribution in [1.82, 2.24) is 20.4 Å². The van der Waals surface area contributed by atoms with Crippen LogP contribution in [0.15, 0.2) is 23.9 Å². The number of carbonyl (C=O) groups is 1. The van der Waals surface area contributed by atoms with Crippen molar-refractivity contribution in [1.29, 1.82) is 5.26 Å². The molecule has 6 aliphatic rings. The van der Waals surface area contributed by atoms with Gasteiger partial charge in [-0.05, 0) is 63.0 Å². The molecule has 4 bridgehead atoms. The van der Waals surface area contributed by atoms with E-state index in [0.29, 0.717) is 30.1 Å². The Morgan fingerprint density at radius 1 is 1.29 bits per heavy atom. The second-order valence-electron chi connectivity index (χ2n) is 11.9. The third-order valence-corrected chi connectivity index (χ3v) is 9.57. The lowest BCUT2D eigenvalue weighted by atomic mass is 9.76. The van der Waals surface area contributed by atoms with Crippen LogP contribution >= 0.6 is 0 Å². The van der Waals surface area contributed by atoms with Crippen molar-refractivity contribution in [3.63, 3.8) is 0 Å². The van der Waals surface area contributed by atoms with Gasteiger partial charge >= 0.3 is 0 Å². The first kappa shape index (κ1) is 23.4. The number of halogens is 1. The van der Waals surface area contributed by atoms with E-state index in [-0.39, 0.29) is 18.4 Å². The number of alkyl halides is 1. The Bertz CT molecular complexity index is 928. The highest BCUT2D eigenvalue weighted by molar-refractivity contribution is 5.83. The monoisotopic (exact) mass is 483 g/mol. The van der Waals surface area contributed by atoms with E-state index in [1.54, 1.807) is 6.08 Å². The fraction of sp³-hybridized carbons (Fsp3) is 0.778. The molecule has 8 heteroatoms. The second-order valence-corrected chi connectivity index (χ2v) is 11.9. The number of nitriles is 1. The molecule has 1 saturated carbocycles. The number of hydrogen-bond donors (Lipinski definition) is 2. The summed E-state index contributed by atoms with van der Waals surface area (Å²) in [6.07, 6.45) is 11.5. The molecule has 6 rings (SSSR count). The molecule has 4 saturated heterocycles. The Balaban J connectivity index is 1.08. The zero-order valence-electron chi connectivity index (χ0n) is 20.7. The van der Waals surface area contributed by atoms with Crippen molar-refractivity contribution in [3.8, 4) is 6.07 Å². The molecule has 0 aromatic heterocycles. The first-order valence-corrected chi connectivity index (χ1v) is 13.5. The Hall–Kier alpha value is -1.95. The maximum atomic E-state index is 15.7. The van der Waals surface area contributed by atoms with Crippen molar-refractivity contribution in [2.45, 2.75) is 94.3 Å². The molecule has 4 heterocycles. The third-order valence-electron chi connectivity index (χ3n) is 9.57. The molecule has 9 atom stereocenters. The van der Waals surface area contributed by atoms with Crippen molar-refractivity contribution in [3.05, 3.63) is 23.9 Å². The van der Waals surface area contributed by atoms with Crippen molar-refractivity contribution in [2.75, 3.05) is 26.3 Å². The highest BCUT2D eigenvalue weighted by Gasteiger charge is 2.46. The molecule has 4 aliphatic heterocycles. The van der Waals surface area contributed by atoms with Crippen LogP contribution in [0, 0.1) is 22.7 Å². The van der Waals surface area contributed by atoms with E-state index in [1.165, 1.54) is 0 Å². The van der Waals surface area contributed by atoms with Gasteiger partial charge in [0.2, 0.25) is 5.91 Å². The number of ether oxygens (including phenoxy) is 1. The van der Waals surface area contributed by atoms with Gasteiger partial charge in [0, 0.05) is 55.0 Å². The van der Waals surface area contributed by atoms with Crippen LogP contribution in [-0.2, 0) is 9.53 Å². The summed E-state index contributed by atoms with van der Waals surface area (Å²) in [6.45, 7) is 5.59. The standard InChI is InChI=1S/C27H38FN5O2/c1-27(12-19(13-29)31-26(34)25-17-2-3-18(10-17)30-25)8-6-20(11-24(27)28)33-21-4-5-22(33)15-32(14-21)23-7-9-35-16-23/h6,8,11,17-19,21-25,30H,2-5,7,9-10,12,14-16H2,1H3,(H,31,34)/t17-,18+,19-,21?,22?,23?,24?,25?,27?/m0/s1. The summed E-state index contributed by atoms with van der Waals surface area (Å²) in [5.41, 5.74) is 0.162. The maximum Gasteiger partial charge on any atom is 0.238 e. The predicted molar refractivity (Wildman–Crippen MR) is 130 cm³/mol. The molecule has 7 nitrogen and oxygen atoms in total. The summed E-state index contributed by atoms with van der Waals surface area (Å²) in [6, 6.07) is 3.09. The summed E-state index contributed by atoms with van der Waals surface area (Å²) in [5, 5.41) is 16.1. The average Bonchev–Trinajstić information content (AvgIpc) is 3.65. The summed E-state index contributed by atoms with van der Waals surface area (Å²) in [4.78, 5) is 17.9. The number of amides is 1. The number of carbonyl (C=O) groups excluding carboxylic acids is 1. The van der Waals surface area contributed by atoms with Gasteiger partial charge in [-0.3, -0.25) is 9.69 Å². The minimum Gasteiger partial charge on any atom is -0.380 e. The van der Waals surface area contributed by atoms with Gasteiger partial charge in [0.15, 0.2) is 0 Å². The number of nitrogens with one attached hydrogen (secondary N) is 2. The Labute approximate surface area is 207 Å². The van der Waals surface area contributed by atoms with Crippen molar-refractivity contribution in [2.24, 2.45) is 11.3 Å². The predicted octanol–water partition coefficient (Wildman–Crippen LogP) is 2.26. The topological polar surface area (TPSA) is 80.6 Å². The SMILES string of the molecule is CC1(C[C@@H](C#N)NC(=O)C2N[C@@H]3CC[C@H]2C3)C=CC(N2C3CCC2CN(C2CCOC2)C3)=CC1F. The lowest BCUT2D eigenvalue weighted by Crippen LogP contribution is -2.56. The van der Waals surface area contributed by atoms with Crippen LogP contribution in [0.4, 0.5) is 4.39 Å². The van der Waals surface area contributed by atoms with Gasteiger partial charge in [0.1, 0.15) is 12.2 Å². The number of allylic oxidation sites excluding steroid dienone is 3. The Morgan fingerprint density at radius 2 is 2.09 bits per heavy atom. The van der Waals surface area contributed by atoms with Gasteiger partial charge in [-0.1, -0.05) is 13.0 Å². The van der Waals surface area contributed by atoms with Crippen LogP contribution in [0.3, 0.4) is 0 Å². The number of rotatable bonds is 6. The molecule has 2 N–H and O–H groups in total. The van der Waals surface area contributed by atoms with Crippen LogP contribution in [0.2, 0.25) is 0 Å². The lowest BCUT2D eigenvalue weighted by molar-refractivity contribution is -0.124. The number of piperidine rings is 1. The molecule has 190 valence electrons. The highest BCUT2D eigenvalue weighted by atomic mass is 19.1. The van der Waals surface area contributed by atoms with E-state index in [4.69, 9.17) is 4.74 Å². The molecule has 0 radical (unpaired) electrons. The fourth-order valence-electron chi connectivity index (χ4n) is 7.56. The van der Waals surface area contributed by atoms with Crippen LogP contribution < -0.4 is 10.6 Å². The number of hydrogen-bond acceptors (Lipinski definition) is 6. The van der Waals surface area contributed by atoms with Gasteiger partial charge in [0.25, 0.3) is 0 Å². The molecule has 35 heavy (non-hydrogen) atoms. The van der Waals surface area contributed by atoms with E-state index in [2.05, 4.69) is 32.6 Å². The number of fused-ring (bicyclic) bond motifs is 4. The number of likely N-dealkylation sites (tertiary alicyclic amines) is 1. The van der Waals surface area contributed by atoms with Crippen molar-refractivity contribution >= 4 is 5.91 Å². The smallest absolute Gasteiger partial charge is 0.238 e. The van der Waals surface area contributed by atoms with Crippen LogP contribution in [-0.4, -0.2) is 84.4 Å². The van der Waals surface area contributed by atoms with Crippen LogP contribution in [0.5, 0.6) is 0 Å². The molecule has 5 fully saturated rings. The quantitative estimate of drug-likeness (QED) is 0.603. The minimum atomic E-state index is -1.20. The largest absolute Gasteiger partial charge is 0.380 e.